The third kappa shape index (κ3) is 2.38. The third-order valence-corrected chi connectivity index (χ3v) is 10.5. The monoisotopic (exact) mass is 321 g/mol. The van der Waals surface area contributed by atoms with Crippen LogP contribution in [0.3, 0.4) is 0 Å². The van der Waals surface area contributed by atoms with Crippen LogP contribution in [0.2, 0.25) is 0 Å². The molecular weight excluding hydrogens is 301 g/mol. The SMILES string of the molecule is CC1=CP(=S)(N(C(C)C)C(C)C)C(Br)=C1C. The maximum atomic E-state index is 5.97. The summed E-state index contributed by atoms with van der Waals surface area (Å²) >= 11 is 9.71. The molecule has 0 saturated heterocycles. The highest BCUT2D eigenvalue weighted by molar-refractivity contribution is 9.13. The molecule has 1 aliphatic heterocycles. The maximum absolute atomic E-state index is 5.97. The van der Waals surface area contributed by atoms with E-state index in [1.165, 1.54) is 15.4 Å². The standard InChI is InChI=1S/C12H21BrNPS/c1-8(2)14(9(3)4)15(16)7-10(5)11(6)12(15)13/h7-9H,1-6H3. The number of rotatable bonds is 3. The van der Waals surface area contributed by atoms with Crippen LogP contribution in [-0.4, -0.2) is 16.8 Å². The Balaban J connectivity index is 3.28. The molecule has 0 aromatic rings. The summed E-state index contributed by atoms with van der Waals surface area (Å²) in [6, 6.07) is 0.960. The quantitative estimate of drug-likeness (QED) is 0.670. The van der Waals surface area contributed by atoms with Crippen molar-refractivity contribution in [3.05, 3.63) is 21.2 Å². The molecular formula is C12H21BrNPS. The molecule has 1 heterocycles. The number of halogens is 1. The van der Waals surface area contributed by atoms with Gasteiger partial charge in [0.05, 0.1) is 6.19 Å². The predicted octanol–water partition coefficient (Wildman–Crippen LogP) is 5.04. The molecule has 1 atom stereocenters. The van der Waals surface area contributed by atoms with Gasteiger partial charge in [0.15, 0.2) is 0 Å². The van der Waals surface area contributed by atoms with Crippen molar-refractivity contribution < 1.29 is 0 Å². The van der Waals surface area contributed by atoms with Crippen molar-refractivity contribution in [2.24, 2.45) is 0 Å². The van der Waals surface area contributed by atoms with E-state index in [-0.39, 0.29) is 0 Å². The lowest BCUT2D eigenvalue weighted by Crippen LogP contribution is -2.33. The Morgan fingerprint density at radius 2 is 1.62 bits per heavy atom. The van der Waals surface area contributed by atoms with Crippen LogP contribution in [0.1, 0.15) is 41.5 Å². The Bertz CT molecular complexity index is 388. The maximum Gasteiger partial charge on any atom is 0.0717 e. The number of allylic oxidation sites excluding steroid dienone is 2. The van der Waals surface area contributed by atoms with Gasteiger partial charge in [-0.25, -0.2) is 0 Å². The Hall–Kier alpha value is 0.570. The van der Waals surface area contributed by atoms with Gasteiger partial charge in [-0.1, -0.05) is 11.8 Å². The number of nitrogens with zero attached hydrogens (tertiary/aromatic N) is 1. The van der Waals surface area contributed by atoms with Crippen molar-refractivity contribution in [2.45, 2.75) is 53.6 Å². The molecule has 0 radical (unpaired) electrons. The lowest BCUT2D eigenvalue weighted by atomic mass is 10.2. The van der Waals surface area contributed by atoms with E-state index in [1.54, 1.807) is 0 Å². The summed E-state index contributed by atoms with van der Waals surface area (Å²) < 4.78 is 3.72. The van der Waals surface area contributed by atoms with Crippen LogP contribution in [0.25, 0.3) is 0 Å². The third-order valence-electron chi connectivity index (χ3n) is 2.95. The molecule has 0 saturated carbocycles. The minimum absolute atomic E-state index is 0.480. The molecule has 4 heteroatoms. The zero-order valence-electron chi connectivity index (χ0n) is 10.9. The molecule has 0 bridgehead atoms. The zero-order valence-corrected chi connectivity index (χ0v) is 14.2. The Morgan fingerprint density at radius 3 is 1.88 bits per heavy atom. The summed E-state index contributed by atoms with van der Waals surface area (Å²) in [6.45, 7) is 13.2. The summed E-state index contributed by atoms with van der Waals surface area (Å²) in [4.78, 5) is 0. The van der Waals surface area contributed by atoms with Crippen molar-refractivity contribution in [2.75, 3.05) is 0 Å². The predicted molar refractivity (Wildman–Crippen MR) is 81.8 cm³/mol. The second-order valence-corrected chi connectivity index (χ2v) is 10.4. The van der Waals surface area contributed by atoms with Gasteiger partial charge in [-0.05, 0) is 74.4 Å². The lowest BCUT2D eigenvalue weighted by molar-refractivity contribution is 0.326. The fraction of sp³-hybridized carbons (Fsp3) is 0.667. The molecule has 1 nitrogen and oxygen atoms in total. The first-order valence-corrected chi connectivity index (χ1v) is 9.29. The molecule has 92 valence electrons. The molecule has 1 unspecified atom stereocenters. The van der Waals surface area contributed by atoms with Crippen LogP contribution in [-0.2, 0) is 11.8 Å². The van der Waals surface area contributed by atoms with Gasteiger partial charge in [0.1, 0.15) is 0 Å². The molecule has 0 aromatic carbocycles. The molecule has 1 aliphatic rings. The minimum atomic E-state index is -1.69. The molecule has 0 amide bonds. The van der Waals surface area contributed by atoms with E-state index in [9.17, 15) is 0 Å². The van der Waals surface area contributed by atoms with Crippen LogP contribution in [0.5, 0.6) is 0 Å². The second kappa shape index (κ2) is 5.06. The van der Waals surface area contributed by atoms with Crippen molar-refractivity contribution in [1.82, 2.24) is 4.67 Å². The first-order chi connectivity index (χ1) is 7.21. The Labute approximate surface area is 113 Å². The Morgan fingerprint density at radius 1 is 1.19 bits per heavy atom. The summed E-state index contributed by atoms with van der Waals surface area (Å²) in [5.74, 6) is 2.31. The number of hydrogen-bond donors (Lipinski definition) is 0. The van der Waals surface area contributed by atoms with Gasteiger partial charge in [-0.2, -0.15) is 0 Å². The first kappa shape index (κ1) is 14.6. The zero-order chi connectivity index (χ0) is 12.7. The highest BCUT2D eigenvalue weighted by Gasteiger charge is 2.35. The van der Waals surface area contributed by atoms with Crippen LogP contribution < -0.4 is 0 Å². The van der Waals surface area contributed by atoms with Gasteiger partial charge in [0, 0.05) is 16.3 Å². The average molecular weight is 322 g/mol. The fourth-order valence-corrected chi connectivity index (χ4v) is 8.65. The highest BCUT2D eigenvalue weighted by Crippen LogP contribution is 2.68. The van der Waals surface area contributed by atoms with Crippen molar-refractivity contribution >= 4 is 33.9 Å². The van der Waals surface area contributed by atoms with Gasteiger partial charge < -0.3 is 0 Å². The second-order valence-electron chi connectivity index (χ2n) is 4.92. The van der Waals surface area contributed by atoms with Crippen molar-refractivity contribution in [3.63, 3.8) is 0 Å². The van der Waals surface area contributed by atoms with E-state index < -0.39 is 6.19 Å². The van der Waals surface area contributed by atoms with Gasteiger partial charge in [-0.3, -0.25) is 4.67 Å². The minimum Gasteiger partial charge on any atom is -0.263 e. The van der Waals surface area contributed by atoms with Crippen LogP contribution >= 0.6 is 22.1 Å². The first-order valence-electron chi connectivity index (χ1n) is 5.67. The van der Waals surface area contributed by atoms with E-state index in [2.05, 4.69) is 68.0 Å². The van der Waals surface area contributed by atoms with Gasteiger partial charge in [0.25, 0.3) is 0 Å². The van der Waals surface area contributed by atoms with E-state index in [0.717, 1.165) is 0 Å². The van der Waals surface area contributed by atoms with Crippen LogP contribution in [0.15, 0.2) is 21.2 Å². The summed E-state index contributed by atoms with van der Waals surface area (Å²) in [7, 11) is 0. The van der Waals surface area contributed by atoms with Gasteiger partial charge >= 0.3 is 0 Å². The van der Waals surface area contributed by atoms with E-state index in [4.69, 9.17) is 11.8 Å². The van der Waals surface area contributed by atoms with Crippen molar-refractivity contribution in [3.8, 4) is 0 Å². The summed E-state index contributed by atoms with van der Waals surface area (Å²) in [5, 5.41) is 0. The smallest absolute Gasteiger partial charge is 0.0717 e. The average Bonchev–Trinajstić information content (AvgIpc) is 2.29. The highest BCUT2D eigenvalue weighted by atomic mass is 79.9. The van der Waals surface area contributed by atoms with Gasteiger partial charge in [-0.15, -0.1) is 0 Å². The number of hydrogen-bond acceptors (Lipinski definition) is 1. The molecule has 1 rings (SSSR count). The van der Waals surface area contributed by atoms with Crippen LogP contribution in [0, 0.1) is 0 Å². The molecule has 16 heavy (non-hydrogen) atoms. The molecule has 0 fully saturated rings. The molecule has 0 N–H and O–H groups in total. The Kier molecular flexibility index (Phi) is 4.62. The summed E-state index contributed by atoms with van der Waals surface area (Å²) in [5.41, 5.74) is 2.66. The van der Waals surface area contributed by atoms with Crippen molar-refractivity contribution in [1.29, 1.82) is 0 Å². The van der Waals surface area contributed by atoms with E-state index in [1.807, 2.05) is 0 Å². The lowest BCUT2D eigenvalue weighted by Gasteiger charge is -2.38. The van der Waals surface area contributed by atoms with Crippen LogP contribution in [0.4, 0.5) is 0 Å². The van der Waals surface area contributed by atoms with E-state index >= 15 is 0 Å². The normalized spacial score (nSPS) is 26.2. The fourth-order valence-electron chi connectivity index (χ4n) is 2.27. The molecule has 0 spiro atoms. The van der Waals surface area contributed by atoms with Gasteiger partial charge in [0.2, 0.25) is 0 Å². The summed E-state index contributed by atoms with van der Waals surface area (Å²) in [6.07, 6.45) is -1.69. The van der Waals surface area contributed by atoms with E-state index in [0.29, 0.717) is 12.1 Å². The molecule has 0 aromatic heterocycles. The topological polar surface area (TPSA) is 3.24 Å². The largest absolute Gasteiger partial charge is 0.263 e. The molecule has 0 aliphatic carbocycles.